The molecular formula is C24H22F3N5O2. The molecule has 0 radical (unpaired) electrons. The van der Waals surface area contributed by atoms with Gasteiger partial charge >= 0.3 is 6.18 Å². The largest absolute Gasteiger partial charge is 0.416 e. The molecule has 2 atom stereocenters. The zero-order chi connectivity index (χ0) is 24.0. The lowest BCUT2D eigenvalue weighted by molar-refractivity contribution is -0.137. The summed E-state index contributed by atoms with van der Waals surface area (Å²) in [5.41, 5.74) is 1.11. The number of fused-ring (bicyclic) bond motifs is 1. The van der Waals surface area contributed by atoms with Crippen LogP contribution in [-0.4, -0.2) is 35.5 Å². The first-order chi connectivity index (χ1) is 16.2. The Morgan fingerprint density at radius 3 is 2.47 bits per heavy atom. The number of pyridine rings is 1. The van der Waals surface area contributed by atoms with Crippen LogP contribution in [0.5, 0.6) is 0 Å². The zero-order valence-electron chi connectivity index (χ0n) is 18.3. The van der Waals surface area contributed by atoms with E-state index in [0.717, 1.165) is 25.0 Å². The molecule has 176 valence electrons. The summed E-state index contributed by atoms with van der Waals surface area (Å²) in [5.74, 6) is 0. The summed E-state index contributed by atoms with van der Waals surface area (Å²) in [6, 6.07) is 5.84. The van der Waals surface area contributed by atoms with Gasteiger partial charge in [0.2, 0.25) is 0 Å². The van der Waals surface area contributed by atoms with E-state index in [1.54, 1.807) is 30.2 Å². The SMILES string of the molecule is Cn1cc(-c2nc(-c3ccc(C(F)(F)F)cc3)cc3c(=O)n([C@@H]4CCCC[C@@H]4O)cnc23)cn1. The van der Waals surface area contributed by atoms with E-state index in [2.05, 4.69) is 15.1 Å². The zero-order valence-corrected chi connectivity index (χ0v) is 18.3. The smallest absolute Gasteiger partial charge is 0.391 e. The van der Waals surface area contributed by atoms with Gasteiger partial charge < -0.3 is 5.11 Å². The van der Waals surface area contributed by atoms with E-state index in [1.807, 2.05) is 0 Å². The van der Waals surface area contributed by atoms with Crippen molar-refractivity contribution in [2.45, 2.75) is 44.0 Å². The van der Waals surface area contributed by atoms with Crippen molar-refractivity contribution in [2.24, 2.45) is 7.05 Å². The van der Waals surface area contributed by atoms with Gasteiger partial charge in [0.1, 0.15) is 11.2 Å². The number of hydrogen-bond donors (Lipinski definition) is 1. The molecule has 0 spiro atoms. The molecule has 0 aliphatic heterocycles. The average molecular weight is 469 g/mol. The highest BCUT2D eigenvalue weighted by Crippen LogP contribution is 2.33. The first-order valence-corrected chi connectivity index (χ1v) is 11.0. The molecular weight excluding hydrogens is 447 g/mol. The fourth-order valence-electron chi connectivity index (χ4n) is 4.52. The van der Waals surface area contributed by atoms with Crippen LogP contribution in [0, 0.1) is 0 Å². The number of alkyl halides is 3. The first-order valence-electron chi connectivity index (χ1n) is 11.0. The van der Waals surface area contributed by atoms with Crippen molar-refractivity contribution < 1.29 is 18.3 Å². The lowest BCUT2D eigenvalue weighted by atomic mass is 9.92. The van der Waals surface area contributed by atoms with Gasteiger partial charge in [-0.15, -0.1) is 0 Å². The standard InChI is InChI=1S/C24H22F3N5O2/c1-31-12-15(11-29-31)21-22-17(23(34)32(13-28-22)19-4-2-3-5-20(19)33)10-18(30-21)14-6-8-16(9-7-14)24(25,26)27/h6-13,19-20,33H,2-5H2,1H3/t19-,20+/m1/s1. The Kier molecular flexibility index (Phi) is 5.47. The van der Waals surface area contributed by atoms with E-state index in [0.29, 0.717) is 40.9 Å². The average Bonchev–Trinajstić information content (AvgIpc) is 3.25. The van der Waals surface area contributed by atoms with Crippen molar-refractivity contribution in [2.75, 3.05) is 0 Å². The van der Waals surface area contributed by atoms with E-state index < -0.39 is 17.8 Å². The van der Waals surface area contributed by atoms with Crippen LogP contribution in [0.2, 0.25) is 0 Å². The van der Waals surface area contributed by atoms with Crippen molar-refractivity contribution in [3.63, 3.8) is 0 Å². The number of aliphatic hydroxyl groups excluding tert-OH is 1. The van der Waals surface area contributed by atoms with E-state index in [-0.39, 0.29) is 17.0 Å². The molecule has 7 nitrogen and oxygen atoms in total. The molecule has 1 saturated carbocycles. The Labute approximate surface area is 192 Å². The third-order valence-corrected chi connectivity index (χ3v) is 6.31. The molecule has 1 aliphatic rings. The minimum atomic E-state index is -4.45. The molecule has 3 aromatic heterocycles. The molecule has 0 bridgehead atoms. The van der Waals surface area contributed by atoms with Gasteiger partial charge in [0, 0.05) is 24.4 Å². The maximum absolute atomic E-state index is 13.5. The molecule has 1 aromatic carbocycles. The number of benzene rings is 1. The number of nitrogens with zero attached hydrogens (tertiary/aromatic N) is 5. The summed E-state index contributed by atoms with van der Waals surface area (Å²) in [6.45, 7) is 0. The Bertz CT molecular complexity index is 1410. The van der Waals surface area contributed by atoms with Gasteiger partial charge in [-0.1, -0.05) is 25.0 Å². The number of aryl methyl sites for hydroxylation is 1. The molecule has 0 unspecified atom stereocenters. The third kappa shape index (κ3) is 3.98. The van der Waals surface area contributed by atoms with Gasteiger partial charge in [-0.2, -0.15) is 18.3 Å². The fourth-order valence-corrected chi connectivity index (χ4v) is 4.52. The monoisotopic (exact) mass is 469 g/mol. The number of aromatic nitrogens is 5. The highest BCUT2D eigenvalue weighted by molar-refractivity contribution is 5.93. The summed E-state index contributed by atoms with van der Waals surface area (Å²) in [5, 5.41) is 14.9. The molecule has 0 saturated heterocycles. The van der Waals surface area contributed by atoms with Crippen molar-refractivity contribution in [1.82, 2.24) is 24.3 Å². The van der Waals surface area contributed by atoms with Crippen LogP contribution in [-0.2, 0) is 13.2 Å². The van der Waals surface area contributed by atoms with E-state index >= 15 is 0 Å². The van der Waals surface area contributed by atoms with Crippen molar-refractivity contribution in [3.05, 3.63) is 65.0 Å². The van der Waals surface area contributed by atoms with Crippen LogP contribution in [0.1, 0.15) is 37.3 Å². The van der Waals surface area contributed by atoms with Crippen LogP contribution in [0.15, 0.2) is 53.8 Å². The van der Waals surface area contributed by atoms with E-state index in [9.17, 15) is 23.1 Å². The van der Waals surface area contributed by atoms with Gasteiger partial charge in [-0.25, -0.2) is 9.97 Å². The van der Waals surface area contributed by atoms with Crippen LogP contribution in [0.25, 0.3) is 33.4 Å². The first kappa shape index (κ1) is 22.3. The maximum atomic E-state index is 13.5. The van der Waals surface area contributed by atoms with Crippen molar-refractivity contribution >= 4 is 10.9 Å². The lowest BCUT2D eigenvalue weighted by Crippen LogP contribution is -2.34. The maximum Gasteiger partial charge on any atom is 0.416 e. The molecule has 0 amide bonds. The Morgan fingerprint density at radius 1 is 1.09 bits per heavy atom. The highest BCUT2D eigenvalue weighted by Gasteiger charge is 2.30. The number of halogens is 3. The minimum absolute atomic E-state index is 0.282. The molecule has 1 fully saturated rings. The van der Waals surface area contributed by atoms with Gasteiger partial charge in [-0.3, -0.25) is 14.0 Å². The molecule has 10 heteroatoms. The molecule has 4 aromatic rings. The normalized spacial score (nSPS) is 19.0. The quantitative estimate of drug-likeness (QED) is 0.482. The van der Waals surface area contributed by atoms with Crippen molar-refractivity contribution in [1.29, 1.82) is 0 Å². The van der Waals surface area contributed by atoms with E-state index in [4.69, 9.17) is 0 Å². The molecule has 3 heterocycles. The second-order valence-electron chi connectivity index (χ2n) is 8.61. The van der Waals surface area contributed by atoms with Gasteiger partial charge in [0.15, 0.2) is 0 Å². The summed E-state index contributed by atoms with van der Waals surface area (Å²) in [7, 11) is 1.75. The van der Waals surface area contributed by atoms with Gasteiger partial charge in [-0.05, 0) is 31.0 Å². The van der Waals surface area contributed by atoms with Crippen LogP contribution in [0.3, 0.4) is 0 Å². The molecule has 1 aliphatic carbocycles. The Morgan fingerprint density at radius 2 is 1.82 bits per heavy atom. The molecule has 5 rings (SSSR count). The van der Waals surface area contributed by atoms with Crippen LogP contribution < -0.4 is 5.56 Å². The predicted molar refractivity (Wildman–Crippen MR) is 120 cm³/mol. The van der Waals surface area contributed by atoms with Crippen molar-refractivity contribution in [3.8, 4) is 22.5 Å². The fraction of sp³-hybridized carbons (Fsp3) is 0.333. The third-order valence-electron chi connectivity index (χ3n) is 6.31. The number of rotatable bonds is 3. The minimum Gasteiger partial charge on any atom is -0.391 e. The molecule has 34 heavy (non-hydrogen) atoms. The summed E-state index contributed by atoms with van der Waals surface area (Å²) in [6.07, 6.45) is 2.77. The summed E-state index contributed by atoms with van der Waals surface area (Å²) in [4.78, 5) is 22.7. The summed E-state index contributed by atoms with van der Waals surface area (Å²) < 4.78 is 42.1. The van der Waals surface area contributed by atoms with E-state index in [1.165, 1.54) is 23.0 Å². The predicted octanol–water partition coefficient (Wildman–Crippen LogP) is 4.35. The number of hydrogen-bond acceptors (Lipinski definition) is 5. The summed E-state index contributed by atoms with van der Waals surface area (Å²) >= 11 is 0. The van der Waals surface area contributed by atoms with Crippen LogP contribution in [0.4, 0.5) is 13.2 Å². The van der Waals surface area contributed by atoms with Gasteiger partial charge in [0.25, 0.3) is 5.56 Å². The Balaban J connectivity index is 1.71. The second kappa shape index (κ2) is 8.35. The lowest BCUT2D eigenvalue weighted by Gasteiger charge is -2.29. The van der Waals surface area contributed by atoms with Crippen LogP contribution >= 0.6 is 0 Å². The Hall–Kier alpha value is -3.53. The highest BCUT2D eigenvalue weighted by atomic mass is 19.4. The topological polar surface area (TPSA) is 85.8 Å². The second-order valence-corrected chi connectivity index (χ2v) is 8.61. The molecule has 1 N–H and O–H groups in total. The van der Waals surface area contributed by atoms with Gasteiger partial charge in [0.05, 0.1) is 41.3 Å². The number of aliphatic hydroxyl groups is 1.